The van der Waals surface area contributed by atoms with Gasteiger partial charge in [-0.25, -0.2) is 0 Å². The molecule has 29 heavy (non-hydrogen) atoms. The van der Waals surface area contributed by atoms with Gasteiger partial charge in [0.25, 0.3) is 0 Å². The van der Waals surface area contributed by atoms with E-state index in [0.717, 1.165) is 18.9 Å². The third-order valence-electron chi connectivity index (χ3n) is 4.23. The highest BCUT2D eigenvalue weighted by molar-refractivity contribution is 6.33. The molecule has 0 radical (unpaired) electrons. The standard InChI is InChI=1S/C20H27ClF3NO4/c1-3-5-7-28-17(26)12-14(19(27)29-8-6-4-2)9-13-10-15(20(22,23)24)18(25)16(21)11-13/h10-11,14H,3-9,12,25H2,1-2H3. The van der Waals surface area contributed by atoms with E-state index >= 15 is 0 Å². The predicted octanol–water partition coefficient (Wildman–Crippen LogP) is 5.18. The van der Waals surface area contributed by atoms with Gasteiger partial charge in [0, 0.05) is 0 Å². The summed E-state index contributed by atoms with van der Waals surface area (Å²) in [7, 11) is 0. The van der Waals surface area contributed by atoms with Gasteiger partial charge in [0.1, 0.15) is 0 Å². The van der Waals surface area contributed by atoms with Crippen LogP contribution in [-0.2, 0) is 31.7 Å². The molecule has 0 aliphatic rings. The van der Waals surface area contributed by atoms with Crippen LogP contribution in [-0.4, -0.2) is 25.2 Å². The Morgan fingerprint density at radius 3 is 2.24 bits per heavy atom. The number of rotatable bonds is 11. The van der Waals surface area contributed by atoms with E-state index in [-0.39, 0.29) is 36.6 Å². The number of hydrogen-bond acceptors (Lipinski definition) is 5. The second-order valence-electron chi connectivity index (χ2n) is 6.74. The lowest BCUT2D eigenvalue weighted by Crippen LogP contribution is -2.25. The first kappa shape index (κ1) is 25.1. The van der Waals surface area contributed by atoms with E-state index in [1.165, 1.54) is 6.07 Å². The number of halogens is 4. The number of benzene rings is 1. The van der Waals surface area contributed by atoms with Gasteiger partial charge >= 0.3 is 18.1 Å². The summed E-state index contributed by atoms with van der Waals surface area (Å²) >= 11 is 5.85. The number of hydrogen-bond donors (Lipinski definition) is 1. The van der Waals surface area contributed by atoms with Crippen molar-refractivity contribution in [3.8, 4) is 0 Å². The topological polar surface area (TPSA) is 78.6 Å². The molecule has 0 heterocycles. The van der Waals surface area contributed by atoms with Crippen molar-refractivity contribution in [3.05, 3.63) is 28.3 Å². The summed E-state index contributed by atoms with van der Waals surface area (Å²) in [6.45, 7) is 4.25. The molecule has 0 aliphatic carbocycles. The lowest BCUT2D eigenvalue weighted by Gasteiger charge is -2.18. The lowest BCUT2D eigenvalue weighted by atomic mass is 9.94. The molecule has 0 spiro atoms. The Balaban J connectivity index is 3.02. The number of ether oxygens (including phenoxy) is 2. The van der Waals surface area contributed by atoms with Gasteiger partial charge in [0.15, 0.2) is 0 Å². The Bertz CT molecular complexity index is 695. The van der Waals surface area contributed by atoms with Gasteiger partial charge in [-0.3, -0.25) is 9.59 Å². The number of unbranched alkanes of at least 4 members (excludes halogenated alkanes) is 2. The summed E-state index contributed by atoms with van der Waals surface area (Å²) in [5, 5.41) is -0.265. The summed E-state index contributed by atoms with van der Waals surface area (Å²) in [5.74, 6) is -2.25. The van der Waals surface area contributed by atoms with Crippen LogP contribution in [0.1, 0.15) is 57.1 Å². The van der Waals surface area contributed by atoms with Crippen LogP contribution in [0.4, 0.5) is 18.9 Å². The van der Waals surface area contributed by atoms with Crippen LogP contribution in [0.3, 0.4) is 0 Å². The molecule has 0 amide bonds. The third kappa shape index (κ3) is 8.51. The molecule has 0 bridgehead atoms. The van der Waals surface area contributed by atoms with Crippen LogP contribution in [0, 0.1) is 5.92 Å². The number of nitrogens with two attached hydrogens (primary N) is 1. The Hall–Kier alpha value is -1.96. The molecule has 0 saturated heterocycles. The van der Waals surface area contributed by atoms with Crippen molar-refractivity contribution in [1.29, 1.82) is 0 Å². The number of alkyl halides is 3. The van der Waals surface area contributed by atoms with Gasteiger partial charge < -0.3 is 15.2 Å². The molecule has 5 nitrogen and oxygen atoms in total. The molecule has 9 heteroatoms. The highest BCUT2D eigenvalue weighted by Crippen LogP contribution is 2.38. The minimum atomic E-state index is -4.69. The summed E-state index contributed by atoms with van der Waals surface area (Å²) in [5.41, 5.74) is 3.92. The lowest BCUT2D eigenvalue weighted by molar-refractivity contribution is -0.155. The van der Waals surface area contributed by atoms with Crippen molar-refractivity contribution in [1.82, 2.24) is 0 Å². The molecule has 1 atom stereocenters. The average molecular weight is 438 g/mol. The molecule has 1 aromatic carbocycles. The quantitative estimate of drug-likeness (QED) is 0.293. The molecule has 0 aliphatic heterocycles. The number of nitrogen functional groups attached to an aromatic ring is 1. The fourth-order valence-corrected chi connectivity index (χ4v) is 2.82. The largest absolute Gasteiger partial charge is 0.466 e. The minimum absolute atomic E-state index is 0.135. The zero-order chi connectivity index (χ0) is 22.0. The molecular formula is C20H27ClF3NO4. The maximum absolute atomic E-state index is 13.2. The molecule has 164 valence electrons. The number of carbonyl (C=O) groups is 2. The van der Waals surface area contributed by atoms with Crippen LogP contribution < -0.4 is 5.73 Å². The molecule has 2 N–H and O–H groups in total. The fourth-order valence-electron chi connectivity index (χ4n) is 2.58. The van der Waals surface area contributed by atoms with E-state index in [2.05, 4.69) is 0 Å². The van der Waals surface area contributed by atoms with Gasteiger partial charge in [-0.1, -0.05) is 38.3 Å². The Morgan fingerprint density at radius 2 is 1.69 bits per heavy atom. The smallest absolute Gasteiger partial charge is 0.418 e. The molecule has 0 saturated carbocycles. The van der Waals surface area contributed by atoms with Gasteiger partial charge in [-0.2, -0.15) is 13.2 Å². The van der Waals surface area contributed by atoms with E-state index in [9.17, 15) is 22.8 Å². The van der Waals surface area contributed by atoms with Crippen molar-refractivity contribution < 1.29 is 32.2 Å². The van der Waals surface area contributed by atoms with Crippen LogP contribution in [0.25, 0.3) is 0 Å². The first-order chi connectivity index (χ1) is 13.6. The normalized spacial score (nSPS) is 12.5. The Kier molecular flexibility index (Phi) is 10.3. The Labute approximate surface area is 173 Å². The van der Waals surface area contributed by atoms with Crippen molar-refractivity contribution in [2.75, 3.05) is 18.9 Å². The maximum Gasteiger partial charge on any atom is 0.418 e. The van der Waals surface area contributed by atoms with E-state index in [0.29, 0.717) is 12.8 Å². The van der Waals surface area contributed by atoms with Gasteiger partial charge in [-0.05, 0) is 37.0 Å². The SMILES string of the molecule is CCCCOC(=O)CC(Cc1cc(Cl)c(N)c(C(F)(F)F)c1)C(=O)OCCCC. The zero-order valence-electron chi connectivity index (χ0n) is 16.6. The first-order valence-electron chi connectivity index (χ1n) is 9.57. The molecule has 1 rings (SSSR count). The fraction of sp³-hybridized carbons (Fsp3) is 0.600. The predicted molar refractivity (Wildman–Crippen MR) is 104 cm³/mol. The van der Waals surface area contributed by atoms with Crippen molar-refractivity contribution in [2.45, 2.75) is 58.5 Å². The van der Waals surface area contributed by atoms with Crippen LogP contribution in [0.15, 0.2) is 12.1 Å². The van der Waals surface area contributed by atoms with Crippen LogP contribution >= 0.6 is 11.6 Å². The van der Waals surface area contributed by atoms with Gasteiger partial charge in [0.2, 0.25) is 0 Å². The molecule has 1 aromatic rings. The minimum Gasteiger partial charge on any atom is -0.466 e. The van der Waals surface area contributed by atoms with Crippen molar-refractivity contribution >= 4 is 29.2 Å². The highest BCUT2D eigenvalue weighted by atomic mass is 35.5. The molecule has 0 aromatic heterocycles. The summed E-state index contributed by atoms with van der Waals surface area (Å²) in [6, 6.07) is 2.11. The van der Waals surface area contributed by atoms with Crippen molar-refractivity contribution in [2.24, 2.45) is 5.92 Å². The summed E-state index contributed by atoms with van der Waals surface area (Å²) < 4.78 is 49.8. The zero-order valence-corrected chi connectivity index (χ0v) is 17.4. The van der Waals surface area contributed by atoms with E-state index in [1.54, 1.807) is 0 Å². The maximum atomic E-state index is 13.2. The summed E-state index contributed by atoms with van der Waals surface area (Å²) in [6.07, 6.45) is -2.18. The van der Waals surface area contributed by atoms with Crippen LogP contribution in [0.2, 0.25) is 5.02 Å². The van der Waals surface area contributed by atoms with E-state index in [4.69, 9.17) is 26.8 Å². The molecule has 1 unspecified atom stereocenters. The molecular weight excluding hydrogens is 411 g/mol. The average Bonchev–Trinajstić information content (AvgIpc) is 2.63. The number of anilines is 1. The molecule has 0 fully saturated rings. The highest BCUT2D eigenvalue weighted by Gasteiger charge is 2.35. The monoisotopic (exact) mass is 437 g/mol. The van der Waals surface area contributed by atoms with E-state index in [1.807, 2.05) is 13.8 Å². The second-order valence-corrected chi connectivity index (χ2v) is 7.14. The summed E-state index contributed by atoms with van der Waals surface area (Å²) in [4.78, 5) is 24.5. The van der Waals surface area contributed by atoms with Gasteiger partial charge in [-0.15, -0.1) is 0 Å². The number of carbonyl (C=O) groups excluding carboxylic acids is 2. The Morgan fingerprint density at radius 1 is 1.10 bits per heavy atom. The third-order valence-corrected chi connectivity index (χ3v) is 4.54. The van der Waals surface area contributed by atoms with E-state index < -0.39 is 35.3 Å². The number of esters is 2. The van der Waals surface area contributed by atoms with Gasteiger partial charge in [0.05, 0.1) is 41.8 Å². The van der Waals surface area contributed by atoms with Crippen LogP contribution in [0.5, 0.6) is 0 Å². The van der Waals surface area contributed by atoms with Crippen molar-refractivity contribution in [3.63, 3.8) is 0 Å². The first-order valence-corrected chi connectivity index (χ1v) is 9.95. The second kappa shape index (κ2) is 11.9.